The van der Waals surface area contributed by atoms with Gasteiger partial charge in [0.1, 0.15) is 0 Å². The monoisotopic (exact) mass is 328 g/mol. The van der Waals surface area contributed by atoms with Crippen molar-refractivity contribution < 1.29 is 38.1 Å². The molecule has 0 bridgehead atoms. The van der Waals surface area contributed by atoms with E-state index in [9.17, 15) is 19.2 Å². The zero-order chi connectivity index (χ0) is 17.6. The Kier molecular flexibility index (Phi) is 6.29. The molecule has 0 N–H and O–H groups in total. The molecule has 0 aliphatic heterocycles. The third-order valence-corrected chi connectivity index (χ3v) is 3.92. The maximum atomic E-state index is 12.2. The average Bonchev–Trinajstić information content (AvgIpc) is 2.92. The van der Waals surface area contributed by atoms with E-state index in [2.05, 4.69) is 9.47 Å². The molecule has 8 nitrogen and oxygen atoms in total. The van der Waals surface area contributed by atoms with Crippen LogP contribution >= 0.6 is 0 Å². The van der Waals surface area contributed by atoms with E-state index in [0.29, 0.717) is 5.57 Å². The Labute approximate surface area is 133 Å². The van der Waals surface area contributed by atoms with E-state index in [-0.39, 0.29) is 19.3 Å². The number of carbonyl (C=O) groups excluding carboxylic acids is 4. The molecule has 0 aromatic rings. The highest BCUT2D eigenvalue weighted by molar-refractivity contribution is 6.01. The lowest BCUT2D eigenvalue weighted by atomic mass is 9.85. The number of carbonyl (C=O) groups is 4. The van der Waals surface area contributed by atoms with Gasteiger partial charge in [0, 0.05) is 6.08 Å². The van der Waals surface area contributed by atoms with Crippen LogP contribution in [0.4, 0.5) is 0 Å². The molecule has 0 radical (unpaired) electrons. The van der Waals surface area contributed by atoms with Crippen LogP contribution in [0.1, 0.15) is 19.3 Å². The SMILES string of the molecule is COC(=O)/C=C1\CC(C(=O)OC)(C(=O)OC)CC1CC(=O)OC. The first-order chi connectivity index (χ1) is 10.8. The van der Waals surface area contributed by atoms with E-state index >= 15 is 0 Å². The van der Waals surface area contributed by atoms with Gasteiger partial charge in [-0.1, -0.05) is 5.57 Å². The van der Waals surface area contributed by atoms with Gasteiger partial charge in [-0.3, -0.25) is 14.4 Å². The number of hydrogen-bond donors (Lipinski definition) is 0. The number of allylic oxidation sites excluding steroid dienone is 1. The summed E-state index contributed by atoms with van der Waals surface area (Å²) in [4.78, 5) is 47.4. The van der Waals surface area contributed by atoms with Crippen LogP contribution in [-0.4, -0.2) is 52.3 Å². The molecule has 1 atom stereocenters. The van der Waals surface area contributed by atoms with Gasteiger partial charge in [-0.25, -0.2) is 4.79 Å². The first-order valence-electron chi connectivity index (χ1n) is 6.86. The molecule has 1 aliphatic carbocycles. The molecule has 128 valence electrons. The van der Waals surface area contributed by atoms with Crippen LogP contribution in [0.25, 0.3) is 0 Å². The van der Waals surface area contributed by atoms with Crippen LogP contribution in [-0.2, 0) is 38.1 Å². The minimum absolute atomic E-state index is 0.00965. The zero-order valence-electron chi connectivity index (χ0n) is 13.5. The van der Waals surface area contributed by atoms with Gasteiger partial charge in [-0.2, -0.15) is 0 Å². The predicted molar refractivity (Wildman–Crippen MR) is 75.9 cm³/mol. The molecule has 1 unspecified atom stereocenters. The summed E-state index contributed by atoms with van der Waals surface area (Å²) in [6.07, 6.45) is 1.02. The van der Waals surface area contributed by atoms with E-state index < -0.39 is 35.2 Å². The molecular formula is C15H20O8. The summed E-state index contributed by atoms with van der Waals surface area (Å²) < 4.78 is 18.6. The van der Waals surface area contributed by atoms with Crippen LogP contribution < -0.4 is 0 Å². The smallest absolute Gasteiger partial charge is 0.330 e. The second-order valence-electron chi connectivity index (χ2n) is 5.17. The molecule has 8 heteroatoms. The first-order valence-corrected chi connectivity index (χ1v) is 6.86. The summed E-state index contributed by atoms with van der Waals surface area (Å²) in [5.74, 6) is -3.23. The van der Waals surface area contributed by atoms with Crippen LogP contribution in [0.3, 0.4) is 0 Å². The van der Waals surface area contributed by atoms with Gasteiger partial charge in [0.15, 0.2) is 5.41 Å². The third-order valence-electron chi connectivity index (χ3n) is 3.92. The van der Waals surface area contributed by atoms with Crippen molar-refractivity contribution in [1.29, 1.82) is 0 Å². The summed E-state index contributed by atoms with van der Waals surface area (Å²) in [6.45, 7) is 0. The number of methoxy groups -OCH3 is 4. The zero-order valence-corrected chi connectivity index (χ0v) is 13.5. The van der Waals surface area contributed by atoms with Gasteiger partial charge in [-0.15, -0.1) is 0 Å². The number of ether oxygens (including phenoxy) is 4. The van der Waals surface area contributed by atoms with Gasteiger partial charge < -0.3 is 18.9 Å². The summed E-state index contributed by atoms with van der Waals surface area (Å²) in [5, 5.41) is 0. The highest BCUT2D eigenvalue weighted by atomic mass is 16.5. The van der Waals surface area contributed by atoms with Gasteiger partial charge in [0.2, 0.25) is 0 Å². The van der Waals surface area contributed by atoms with Crippen molar-refractivity contribution in [3.8, 4) is 0 Å². The molecule has 1 fully saturated rings. The molecule has 0 aromatic heterocycles. The molecular weight excluding hydrogens is 308 g/mol. The molecule has 0 amide bonds. The Hall–Kier alpha value is -2.38. The Balaban J connectivity index is 3.25. The predicted octanol–water partition coefficient (Wildman–Crippen LogP) is 0.391. The van der Waals surface area contributed by atoms with E-state index in [1.807, 2.05) is 0 Å². The highest BCUT2D eigenvalue weighted by Crippen LogP contribution is 2.48. The Morgan fingerprint density at radius 1 is 1.00 bits per heavy atom. The van der Waals surface area contributed by atoms with Crippen molar-refractivity contribution in [3.05, 3.63) is 11.6 Å². The molecule has 1 aliphatic rings. The Bertz CT molecular complexity index is 518. The fraction of sp³-hybridized carbons (Fsp3) is 0.600. The maximum absolute atomic E-state index is 12.2. The van der Waals surface area contributed by atoms with Gasteiger partial charge in [0.25, 0.3) is 0 Å². The van der Waals surface area contributed by atoms with Gasteiger partial charge in [-0.05, 0) is 18.8 Å². The molecule has 1 saturated carbocycles. The fourth-order valence-electron chi connectivity index (χ4n) is 2.77. The minimum Gasteiger partial charge on any atom is -0.469 e. The third kappa shape index (κ3) is 3.88. The fourth-order valence-corrected chi connectivity index (χ4v) is 2.77. The lowest BCUT2D eigenvalue weighted by Gasteiger charge is -2.22. The summed E-state index contributed by atoms with van der Waals surface area (Å²) in [5.41, 5.74) is -1.14. The average molecular weight is 328 g/mol. The van der Waals surface area contributed by atoms with Crippen molar-refractivity contribution in [2.45, 2.75) is 19.3 Å². The van der Waals surface area contributed by atoms with Crippen molar-refractivity contribution in [1.82, 2.24) is 0 Å². The largest absolute Gasteiger partial charge is 0.469 e. The molecule has 0 aromatic carbocycles. The van der Waals surface area contributed by atoms with Crippen molar-refractivity contribution in [2.24, 2.45) is 11.3 Å². The van der Waals surface area contributed by atoms with Crippen LogP contribution in [0.5, 0.6) is 0 Å². The Morgan fingerprint density at radius 3 is 2.00 bits per heavy atom. The lowest BCUT2D eigenvalue weighted by Crippen LogP contribution is -2.39. The van der Waals surface area contributed by atoms with E-state index in [4.69, 9.17) is 9.47 Å². The van der Waals surface area contributed by atoms with Crippen LogP contribution in [0.15, 0.2) is 11.6 Å². The quantitative estimate of drug-likeness (QED) is 0.309. The molecule has 0 saturated heterocycles. The van der Waals surface area contributed by atoms with Gasteiger partial charge in [0.05, 0.1) is 34.9 Å². The topological polar surface area (TPSA) is 105 Å². The lowest BCUT2D eigenvalue weighted by molar-refractivity contribution is -0.169. The highest BCUT2D eigenvalue weighted by Gasteiger charge is 2.55. The van der Waals surface area contributed by atoms with Crippen molar-refractivity contribution >= 4 is 23.9 Å². The minimum atomic E-state index is -1.58. The van der Waals surface area contributed by atoms with Crippen LogP contribution in [0.2, 0.25) is 0 Å². The van der Waals surface area contributed by atoms with E-state index in [1.54, 1.807) is 0 Å². The maximum Gasteiger partial charge on any atom is 0.330 e. The van der Waals surface area contributed by atoms with Crippen molar-refractivity contribution in [3.63, 3.8) is 0 Å². The summed E-state index contributed by atoms with van der Waals surface area (Å²) in [7, 11) is 4.75. The van der Waals surface area contributed by atoms with Gasteiger partial charge >= 0.3 is 23.9 Å². The second kappa shape index (κ2) is 7.75. The summed E-state index contributed by atoms with van der Waals surface area (Å²) >= 11 is 0. The van der Waals surface area contributed by atoms with E-state index in [1.165, 1.54) is 20.3 Å². The van der Waals surface area contributed by atoms with E-state index in [0.717, 1.165) is 14.2 Å². The molecule has 1 rings (SSSR count). The number of rotatable bonds is 5. The molecule has 23 heavy (non-hydrogen) atoms. The standard InChI is InChI=1S/C15H20O8/c1-20-11(16)5-9-7-15(13(18)22-3,14(19)23-4)8-10(9)6-12(17)21-2/h5,10H,6-8H2,1-4H3/b9-5+. The van der Waals surface area contributed by atoms with Crippen molar-refractivity contribution in [2.75, 3.05) is 28.4 Å². The normalized spacial score (nSPS) is 20.7. The van der Waals surface area contributed by atoms with Crippen LogP contribution in [0, 0.1) is 11.3 Å². The molecule has 0 heterocycles. The molecule has 0 spiro atoms. The second-order valence-corrected chi connectivity index (χ2v) is 5.17. The Morgan fingerprint density at radius 2 is 1.57 bits per heavy atom. The number of hydrogen-bond acceptors (Lipinski definition) is 8. The summed E-state index contributed by atoms with van der Waals surface area (Å²) in [6, 6.07) is 0. The number of esters is 4. The first kappa shape index (κ1) is 18.7.